The molecule has 1 aliphatic rings. The summed E-state index contributed by atoms with van der Waals surface area (Å²) in [4.78, 5) is 0. The average Bonchev–Trinajstić information content (AvgIpc) is 2.63. The van der Waals surface area contributed by atoms with Crippen molar-refractivity contribution in [3.8, 4) is 0 Å². The Morgan fingerprint density at radius 3 is 2.21 bits per heavy atom. The van der Waals surface area contributed by atoms with Crippen molar-refractivity contribution >= 4 is 37.4 Å². The summed E-state index contributed by atoms with van der Waals surface area (Å²) in [7, 11) is -0.757. The molecule has 8 heteroatoms. The molecule has 0 bridgehead atoms. The third-order valence-corrected chi connectivity index (χ3v) is 5.00. The fourth-order valence-corrected chi connectivity index (χ4v) is 2.71. The number of thiol groups is 1. The van der Waals surface area contributed by atoms with Crippen molar-refractivity contribution < 1.29 is 22.5 Å². The van der Waals surface area contributed by atoms with Gasteiger partial charge in [-0.1, -0.05) is 17.7 Å². The lowest BCUT2D eigenvalue weighted by molar-refractivity contribution is -0.137. The molecular formula is C16H19BClF3O2S. The number of hydrogen-bond donors (Lipinski definition) is 1. The number of benzene rings is 1. The van der Waals surface area contributed by atoms with Crippen LogP contribution in [0.25, 0.3) is 6.08 Å². The van der Waals surface area contributed by atoms with Gasteiger partial charge in [0.2, 0.25) is 0 Å². The molecule has 1 aromatic carbocycles. The van der Waals surface area contributed by atoms with Crippen LogP contribution in [0.4, 0.5) is 13.2 Å². The van der Waals surface area contributed by atoms with Gasteiger partial charge in [-0.05, 0) is 56.9 Å². The van der Waals surface area contributed by atoms with Crippen molar-refractivity contribution in [1.29, 1.82) is 0 Å². The second-order valence-electron chi connectivity index (χ2n) is 6.69. The highest BCUT2D eigenvalue weighted by molar-refractivity contribution is 7.80. The van der Waals surface area contributed by atoms with Crippen LogP contribution in [0.15, 0.2) is 23.7 Å². The first-order valence-corrected chi connectivity index (χ1v) is 8.42. The standard InChI is InChI=1S/C16H19BClF3O2S/c1-14(2)15(3,4)23-17(22-14)11(9-24)7-10-8-12(18)5-6-13(10)16(19,20)21/h5-8,24H,9H2,1-4H3. The zero-order valence-electron chi connectivity index (χ0n) is 13.9. The Bertz CT molecular complexity index is 643. The van der Waals surface area contributed by atoms with Crippen molar-refractivity contribution in [2.24, 2.45) is 0 Å². The summed E-state index contributed by atoms with van der Waals surface area (Å²) in [5.41, 5.74) is -1.46. The molecule has 0 atom stereocenters. The first-order chi connectivity index (χ1) is 10.9. The van der Waals surface area contributed by atoms with Gasteiger partial charge < -0.3 is 9.31 Å². The van der Waals surface area contributed by atoms with E-state index in [1.54, 1.807) is 0 Å². The van der Waals surface area contributed by atoms with Crippen LogP contribution in [-0.4, -0.2) is 24.1 Å². The molecule has 0 saturated carbocycles. The van der Waals surface area contributed by atoms with E-state index in [2.05, 4.69) is 12.6 Å². The Morgan fingerprint density at radius 2 is 1.75 bits per heavy atom. The predicted octanol–water partition coefficient (Wildman–Crippen LogP) is 5.30. The molecule has 1 aromatic rings. The van der Waals surface area contributed by atoms with Crippen molar-refractivity contribution in [3.63, 3.8) is 0 Å². The van der Waals surface area contributed by atoms with Crippen LogP contribution in [0, 0.1) is 0 Å². The molecule has 0 unspecified atom stereocenters. The van der Waals surface area contributed by atoms with E-state index in [-0.39, 0.29) is 16.3 Å². The minimum Gasteiger partial charge on any atom is -0.400 e. The van der Waals surface area contributed by atoms with Crippen LogP contribution in [0.3, 0.4) is 0 Å². The van der Waals surface area contributed by atoms with Crippen LogP contribution in [0.1, 0.15) is 38.8 Å². The summed E-state index contributed by atoms with van der Waals surface area (Å²) in [5.74, 6) is 0.195. The van der Waals surface area contributed by atoms with Gasteiger partial charge >= 0.3 is 13.3 Å². The van der Waals surface area contributed by atoms with E-state index in [4.69, 9.17) is 20.9 Å². The molecule has 24 heavy (non-hydrogen) atoms. The molecule has 0 aliphatic carbocycles. The first-order valence-electron chi connectivity index (χ1n) is 7.41. The smallest absolute Gasteiger partial charge is 0.400 e. The number of alkyl halides is 3. The molecule has 2 rings (SSSR count). The second kappa shape index (κ2) is 6.59. The molecule has 132 valence electrons. The van der Waals surface area contributed by atoms with Gasteiger partial charge in [0.1, 0.15) is 0 Å². The maximum atomic E-state index is 13.2. The average molecular weight is 379 g/mol. The summed E-state index contributed by atoms with van der Waals surface area (Å²) in [6.45, 7) is 7.51. The third-order valence-electron chi connectivity index (χ3n) is 4.40. The van der Waals surface area contributed by atoms with E-state index >= 15 is 0 Å². The molecular weight excluding hydrogens is 360 g/mol. The maximum Gasteiger partial charge on any atom is 0.491 e. The highest BCUT2D eigenvalue weighted by Crippen LogP contribution is 2.40. The molecule has 0 spiro atoms. The molecule has 1 saturated heterocycles. The lowest BCUT2D eigenvalue weighted by atomic mass is 9.78. The Labute approximate surface area is 150 Å². The second-order valence-corrected chi connectivity index (χ2v) is 7.45. The normalized spacial score (nSPS) is 20.5. The van der Waals surface area contributed by atoms with Gasteiger partial charge in [0.25, 0.3) is 0 Å². The largest absolute Gasteiger partial charge is 0.491 e. The van der Waals surface area contributed by atoms with E-state index < -0.39 is 30.1 Å². The van der Waals surface area contributed by atoms with Crippen molar-refractivity contribution in [2.45, 2.75) is 45.1 Å². The maximum absolute atomic E-state index is 13.2. The first kappa shape index (κ1) is 19.7. The molecule has 1 aliphatic heterocycles. The van der Waals surface area contributed by atoms with Crippen molar-refractivity contribution in [3.05, 3.63) is 39.8 Å². The molecule has 2 nitrogen and oxygen atoms in total. The monoisotopic (exact) mass is 378 g/mol. The van der Waals surface area contributed by atoms with E-state index in [1.165, 1.54) is 18.2 Å². The molecule has 0 aromatic heterocycles. The molecule has 0 N–H and O–H groups in total. The molecule has 0 amide bonds. The fraction of sp³-hybridized carbons (Fsp3) is 0.500. The SMILES string of the molecule is CC1(C)OB(C(=Cc2cc(Cl)ccc2C(F)(F)F)CS)OC1(C)C. The topological polar surface area (TPSA) is 18.5 Å². The Balaban J connectivity index is 2.44. The summed E-state index contributed by atoms with van der Waals surface area (Å²) in [5, 5.41) is 0.224. The highest BCUT2D eigenvalue weighted by atomic mass is 35.5. The number of halogens is 4. The Morgan fingerprint density at radius 1 is 1.21 bits per heavy atom. The Kier molecular flexibility index (Phi) is 5.41. The summed E-state index contributed by atoms with van der Waals surface area (Å²) in [6, 6.07) is 3.46. The lowest BCUT2D eigenvalue weighted by Gasteiger charge is -2.32. The quantitative estimate of drug-likeness (QED) is 0.568. The van der Waals surface area contributed by atoms with Crippen LogP contribution >= 0.6 is 24.2 Å². The lowest BCUT2D eigenvalue weighted by Crippen LogP contribution is -2.41. The summed E-state index contributed by atoms with van der Waals surface area (Å²) < 4.78 is 51.4. The summed E-state index contributed by atoms with van der Waals surface area (Å²) in [6.07, 6.45) is -3.09. The minimum absolute atomic E-state index is 0.0336. The van der Waals surface area contributed by atoms with Gasteiger partial charge in [-0.15, -0.1) is 0 Å². The van der Waals surface area contributed by atoms with E-state index in [0.717, 1.165) is 6.07 Å². The Hall–Kier alpha value is -0.625. The molecule has 1 fully saturated rings. The summed E-state index contributed by atoms with van der Waals surface area (Å²) >= 11 is 10.1. The van der Waals surface area contributed by atoms with E-state index in [9.17, 15) is 13.2 Å². The fourth-order valence-electron chi connectivity index (χ4n) is 2.29. The van der Waals surface area contributed by atoms with Crippen molar-refractivity contribution in [2.75, 3.05) is 5.75 Å². The van der Waals surface area contributed by atoms with Crippen LogP contribution in [0.5, 0.6) is 0 Å². The van der Waals surface area contributed by atoms with E-state index in [0.29, 0.717) is 5.47 Å². The third kappa shape index (κ3) is 3.95. The molecule has 0 radical (unpaired) electrons. The van der Waals surface area contributed by atoms with Crippen molar-refractivity contribution in [1.82, 2.24) is 0 Å². The van der Waals surface area contributed by atoms with Gasteiger partial charge in [0.05, 0.1) is 16.8 Å². The molecule has 1 heterocycles. The van der Waals surface area contributed by atoms with E-state index in [1.807, 2.05) is 27.7 Å². The predicted molar refractivity (Wildman–Crippen MR) is 94.4 cm³/mol. The van der Waals surface area contributed by atoms with Gasteiger partial charge in [-0.25, -0.2) is 0 Å². The van der Waals surface area contributed by atoms with Gasteiger partial charge in [-0.2, -0.15) is 25.8 Å². The van der Waals surface area contributed by atoms with Crippen LogP contribution in [-0.2, 0) is 15.5 Å². The number of hydrogen-bond acceptors (Lipinski definition) is 3. The van der Waals surface area contributed by atoms with Gasteiger partial charge in [-0.3, -0.25) is 0 Å². The van der Waals surface area contributed by atoms with Crippen LogP contribution < -0.4 is 0 Å². The number of rotatable bonds is 3. The highest BCUT2D eigenvalue weighted by Gasteiger charge is 2.52. The minimum atomic E-state index is -4.48. The zero-order valence-corrected chi connectivity index (χ0v) is 15.5. The van der Waals surface area contributed by atoms with Gasteiger partial charge in [0, 0.05) is 10.8 Å². The zero-order chi connectivity index (χ0) is 18.3. The van der Waals surface area contributed by atoms with Gasteiger partial charge in [0.15, 0.2) is 0 Å². The van der Waals surface area contributed by atoms with Crippen LogP contribution in [0.2, 0.25) is 5.02 Å².